The number of amides is 1. The molecule has 0 radical (unpaired) electrons. The molecular weight excluding hydrogens is 404 g/mol. The monoisotopic (exact) mass is 426 g/mol. The predicted octanol–water partition coefficient (Wildman–Crippen LogP) is 1.72. The lowest BCUT2D eigenvalue weighted by Crippen LogP contribution is -2.49. The van der Waals surface area contributed by atoms with E-state index in [1.807, 2.05) is 30.3 Å². The highest BCUT2D eigenvalue weighted by molar-refractivity contribution is 7.92. The van der Waals surface area contributed by atoms with Crippen LogP contribution in [0.2, 0.25) is 0 Å². The number of aromatic nitrogens is 2. The number of hydrogen-bond acceptors (Lipinski definition) is 6. The van der Waals surface area contributed by atoms with Crippen molar-refractivity contribution >= 4 is 32.3 Å². The van der Waals surface area contributed by atoms with E-state index in [-0.39, 0.29) is 13.0 Å². The summed E-state index contributed by atoms with van der Waals surface area (Å²) in [5, 5.41) is 14.1. The molecule has 1 atom stereocenters. The van der Waals surface area contributed by atoms with Gasteiger partial charge < -0.3 is 5.73 Å². The second-order valence-electron chi connectivity index (χ2n) is 7.21. The van der Waals surface area contributed by atoms with Crippen LogP contribution in [0.5, 0.6) is 0 Å². The van der Waals surface area contributed by atoms with E-state index in [1.54, 1.807) is 23.0 Å². The van der Waals surface area contributed by atoms with Gasteiger partial charge in [-0.1, -0.05) is 11.8 Å². The standard InChI is InChI=1S/C21H22N4O4S/c1-21(20(26)24-27,30(2,28)29)11-12-25-19-10-7-16(13-17(19)14-23-25)4-3-15-5-8-18(22)9-6-15/h5-10,13-14,27H,11-12,22H2,1-2H3,(H,24,26). The van der Waals surface area contributed by atoms with Gasteiger partial charge in [0, 0.05) is 35.0 Å². The fourth-order valence-corrected chi connectivity index (χ4v) is 3.80. The molecule has 3 rings (SSSR count). The van der Waals surface area contributed by atoms with Gasteiger partial charge in [-0.2, -0.15) is 5.10 Å². The molecule has 0 saturated carbocycles. The number of carbonyl (C=O) groups excluding carboxylic acids is 1. The molecule has 0 bridgehead atoms. The summed E-state index contributed by atoms with van der Waals surface area (Å²) in [4.78, 5) is 12.0. The summed E-state index contributed by atoms with van der Waals surface area (Å²) in [6.07, 6.45) is 2.58. The molecule has 0 aliphatic carbocycles. The van der Waals surface area contributed by atoms with Crippen molar-refractivity contribution in [3.05, 3.63) is 59.8 Å². The van der Waals surface area contributed by atoms with Gasteiger partial charge in [0.05, 0.1) is 11.7 Å². The number of rotatable bonds is 5. The van der Waals surface area contributed by atoms with Crippen molar-refractivity contribution in [2.75, 3.05) is 12.0 Å². The molecule has 156 valence electrons. The SMILES string of the molecule is CC(CCn1ncc2cc(C#Cc3ccc(N)cc3)ccc21)(C(=O)NO)S(C)(=O)=O. The highest BCUT2D eigenvalue weighted by Crippen LogP contribution is 2.24. The number of nitrogen functional groups attached to an aromatic ring is 1. The van der Waals surface area contributed by atoms with E-state index in [0.717, 1.165) is 28.3 Å². The Morgan fingerprint density at radius 1 is 1.20 bits per heavy atom. The van der Waals surface area contributed by atoms with E-state index in [9.17, 15) is 13.2 Å². The van der Waals surface area contributed by atoms with Gasteiger partial charge in [0.2, 0.25) is 0 Å². The predicted molar refractivity (Wildman–Crippen MR) is 114 cm³/mol. The van der Waals surface area contributed by atoms with Gasteiger partial charge in [0.1, 0.15) is 0 Å². The lowest BCUT2D eigenvalue weighted by Gasteiger charge is -2.25. The van der Waals surface area contributed by atoms with E-state index in [2.05, 4.69) is 16.9 Å². The first-order valence-corrected chi connectivity index (χ1v) is 11.0. The molecule has 0 saturated heterocycles. The number of sulfone groups is 1. The minimum absolute atomic E-state index is 0.0479. The molecule has 0 aliphatic rings. The number of fused-ring (bicyclic) bond motifs is 1. The molecule has 1 aromatic heterocycles. The van der Waals surface area contributed by atoms with E-state index in [1.165, 1.54) is 12.4 Å². The van der Waals surface area contributed by atoms with E-state index in [0.29, 0.717) is 5.69 Å². The first-order chi connectivity index (χ1) is 14.1. The summed E-state index contributed by atoms with van der Waals surface area (Å²) in [6, 6.07) is 12.9. The van der Waals surface area contributed by atoms with Crippen molar-refractivity contribution in [1.29, 1.82) is 0 Å². The van der Waals surface area contributed by atoms with Crippen molar-refractivity contribution in [3.63, 3.8) is 0 Å². The van der Waals surface area contributed by atoms with Gasteiger partial charge in [-0.15, -0.1) is 0 Å². The number of nitrogens with two attached hydrogens (primary N) is 1. The zero-order chi connectivity index (χ0) is 21.9. The summed E-state index contributed by atoms with van der Waals surface area (Å²) < 4.78 is 24.1. The maximum atomic E-state index is 12.1. The Kier molecular flexibility index (Phi) is 5.82. The van der Waals surface area contributed by atoms with Crippen molar-refractivity contribution in [3.8, 4) is 11.8 Å². The van der Waals surface area contributed by atoms with Gasteiger partial charge >= 0.3 is 0 Å². The number of nitrogens with zero attached hydrogens (tertiary/aromatic N) is 2. The van der Waals surface area contributed by atoms with E-state index in [4.69, 9.17) is 10.9 Å². The summed E-state index contributed by atoms with van der Waals surface area (Å²) in [6.45, 7) is 1.46. The van der Waals surface area contributed by atoms with Crippen LogP contribution in [0.4, 0.5) is 5.69 Å². The summed E-state index contributed by atoms with van der Waals surface area (Å²) in [5.41, 5.74) is 10.2. The van der Waals surface area contributed by atoms with Crippen molar-refractivity contribution in [2.24, 2.45) is 0 Å². The molecule has 1 heterocycles. The lowest BCUT2D eigenvalue weighted by atomic mass is 10.1. The molecule has 0 fully saturated rings. The topological polar surface area (TPSA) is 127 Å². The smallest absolute Gasteiger partial charge is 0.264 e. The molecule has 1 amide bonds. The normalized spacial score (nSPS) is 13.3. The van der Waals surface area contributed by atoms with Crippen molar-refractivity contribution in [2.45, 2.75) is 24.6 Å². The van der Waals surface area contributed by atoms with Gasteiger partial charge in [-0.25, -0.2) is 13.9 Å². The first-order valence-electron chi connectivity index (χ1n) is 9.11. The second-order valence-corrected chi connectivity index (χ2v) is 9.65. The number of aryl methyl sites for hydroxylation is 1. The average Bonchev–Trinajstić information content (AvgIpc) is 3.12. The number of carbonyl (C=O) groups is 1. The molecule has 8 nitrogen and oxygen atoms in total. The number of hydroxylamine groups is 1. The zero-order valence-electron chi connectivity index (χ0n) is 16.6. The number of hydrogen-bond donors (Lipinski definition) is 3. The molecule has 4 N–H and O–H groups in total. The summed E-state index contributed by atoms with van der Waals surface area (Å²) in [5.74, 6) is 5.19. The molecule has 3 aromatic rings. The lowest BCUT2D eigenvalue weighted by molar-refractivity contribution is -0.131. The molecule has 9 heteroatoms. The largest absolute Gasteiger partial charge is 0.399 e. The van der Waals surface area contributed by atoms with Crippen LogP contribution in [0.3, 0.4) is 0 Å². The molecule has 0 aliphatic heterocycles. The number of benzene rings is 2. The molecule has 1 unspecified atom stereocenters. The van der Waals surface area contributed by atoms with Crippen molar-refractivity contribution in [1.82, 2.24) is 15.3 Å². The fourth-order valence-electron chi connectivity index (χ4n) is 2.96. The van der Waals surface area contributed by atoms with Crippen LogP contribution in [0.25, 0.3) is 10.9 Å². The summed E-state index contributed by atoms with van der Waals surface area (Å²) >= 11 is 0. The van der Waals surface area contributed by atoms with Crippen LogP contribution in [-0.4, -0.2) is 40.3 Å². The number of nitrogens with one attached hydrogen (secondary N) is 1. The summed E-state index contributed by atoms with van der Waals surface area (Å²) in [7, 11) is -3.76. The maximum Gasteiger partial charge on any atom is 0.264 e. The highest BCUT2D eigenvalue weighted by atomic mass is 32.2. The molecule has 2 aromatic carbocycles. The van der Waals surface area contributed by atoms with Crippen LogP contribution in [0, 0.1) is 11.8 Å². The Bertz CT molecular complexity index is 1250. The minimum atomic E-state index is -3.76. The Labute approximate surface area is 174 Å². The highest BCUT2D eigenvalue weighted by Gasteiger charge is 2.43. The van der Waals surface area contributed by atoms with Gasteiger partial charge in [-0.05, 0) is 55.8 Å². The number of anilines is 1. The quantitative estimate of drug-likeness (QED) is 0.247. The fraction of sp³-hybridized carbons (Fsp3) is 0.238. The van der Waals surface area contributed by atoms with E-state index >= 15 is 0 Å². The van der Waals surface area contributed by atoms with E-state index < -0.39 is 20.5 Å². The van der Waals surface area contributed by atoms with Crippen LogP contribution < -0.4 is 11.2 Å². The zero-order valence-corrected chi connectivity index (χ0v) is 17.4. The third-order valence-electron chi connectivity index (χ3n) is 5.10. The third kappa shape index (κ3) is 4.30. The van der Waals surface area contributed by atoms with Crippen LogP contribution >= 0.6 is 0 Å². The van der Waals surface area contributed by atoms with Crippen LogP contribution in [0.1, 0.15) is 24.5 Å². The first kappa shape index (κ1) is 21.4. The van der Waals surface area contributed by atoms with Gasteiger partial charge in [-0.3, -0.25) is 14.7 Å². The second kappa shape index (κ2) is 8.18. The van der Waals surface area contributed by atoms with Crippen LogP contribution in [-0.2, 0) is 21.2 Å². The minimum Gasteiger partial charge on any atom is -0.399 e. The molecule has 30 heavy (non-hydrogen) atoms. The maximum absolute atomic E-state index is 12.1. The molecule has 0 spiro atoms. The Balaban J connectivity index is 1.83. The Morgan fingerprint density at radius 2 is 1.83 bits per heavy atom. The Morgan fingerprint density at radius 3 is 2.47 bits per heavy atom. The average molecular weight is 426 g/mol. The third-order valence-corrected chi connectivity index (χ3v) is 7.13. The van der Waals surface area contributed by atoms with Gasteiger partial charge in [0.25, 0.3) is 5.91 Å². The van der Waals surface area contributed by atoms with Crippen molar-refractivity contribution < 1.29 is 18.4 Å². The van der Waals surface area contributed by atoms with Gasteiger partial charge in [0.15, 0.2) is 14.6 Å². The van der Waals surface area contributed by atoms with Crippen LogP contribution in [0.15, 0.2) is 48.7 Å². The molecular formula is C21H22N4O4S. The Hall–Kier alpha value is -3.35.